The summed E-state index contributed by atoms with van der Waals surface area (Å²) in [4.78, 5) is 11.0. The molecule has 4 nitrogen and oxygen atoms in total. The Morgan fingerprint density at radius 3 is 2.72 bits per heavy atom. The second-order valence-corrected chi connectivity index (χ2v) is 4.67. The van der Waals surface area contributed by atoms with Gasteiger partial charge in [0.2, 0.25) is 5.95 Å². The summed E-state index contributed by atoms with van der Waals surface area (Å²) < 4.78 is 0. The highest BCUT2D eigenvalue weighted by Gasteiger charge is 2.18. The van der Waals surface area contributed by atoms with E-state index >= 15 is 0 Å². The molecule has 2 N–H and O–H groups in total. The van der Waals surface area contributed by atoms with E-state index in [-0.39, 0.29) is 0 Å². The second-order valence-electron chi connectivity index (χ2n) is 4.67. The molecule has 0 bridgehead atoms. The first kappa shape index (κ1) is 11.0. The van der Waals surface area contributed by atoms with E-state index in [1.807, 2.05) is 6.92 Å². The smallest absolute Gasteiger partial charge is 0.227 e. The minimum atomic E-state index is 0.538. The van der Waals surface area contributed by atoms with Crippen molar-refractivity contribution >= 4 is 11.8 Å². The quantitative estimate of drug-likeness (QED) is 0.827. The van der Waals surface area contributed by atoms with Gasteiger partial charge in [-0.1, -0.05) is 24.3 Å². The van der Waals surface area contributed by atoms with Crippen LogP contribution in [0.2, 0.25) is 0 Å². The fourth-order valence-electron chi connectivity index (χ4n) is 2.38. The van der Waals surface area contributed by atoms with Gasteiger partial charge in [-0.25, -0.2) is 4.98 Å². The van der Waals surface area contributed by atoms with Gasteiger partial charge in [-0.2, -0.15) is 4.98 Å². The number of nitrogen functional groups attached to an aromatic ring is 1. The van der Waals surface area contributed by atoms with Crippen molar-refractivity contribution in [3.63, 3.8) is 0 Å². The largest absolute Gasteiger partial charge is 0.384 e. The van der Waals surface area contributed by atoms with Gasteiger partial charge in [0.05, 0.1) is 0 Å². The van der Waals surface area contributed by atoms with Gasteiger partial charge in [-0.05, 0) is 24.5 Å². The Morgan fingerprint density at radius 1 is 1.17 bits per heavy atom. The summed E-state index contributed by atoms with van der Waals surface area (Å²) in [5.41, 5.74) is 9.48. The number of nitrogens with two attached hydrogens (primary N) is 1. The van der Waals surface area contributed by atoms with Crippen molar-refractivity contribution in [3.8, 4) is 0 Å². The third-order valence-corrected chi connectivity index (χ3v) is 3.28. The van der Waals surface area contributed by atoms with Gasteiger partial charge in [0, 0.05) is 24.8 Å². The van der Waals surface area contributed by atoms with Gasteiger partial charge in [-0.3, -0.25) is 0 Å². The van der Waals surface area contributed by atoms with Crippen molar-refractivity contribution < 1.29 is 0 Å². The van der Waals surface area contributed by atoms with Gasteiger partial charge in [0.15, 0.2) is 0 Å². The van der Waals surface area contributed by atoms with Gasteiger partial charge in [0.25, 0.3) is 0 Å². The molecule has 1 aromatic heterocycles. The maximum atomic E-state index is 5.78. The zero-order valence-electron chi connectivity index (χ0n) is 10.4. The van der Waals surface area contributed by atoms with E-state index in [1.54, 1.807) is 6.07 Å². The van der Waals surface area contributed by atoms with Crippen LogP contribution in [0.3, 0.4) is 0 Å². The summed E-state index contributed by atoms with van der Waals surface area (Å²) in [5.74, 6) is 1.28. The Hall–Kier alpha value is -2.10. The standard InChI is InChI=1S/C14H16N4/c1-10-8-13(15)17-14(16-10)18-7-6-11-4-2-3-5-12(11)9-18/h2-5,8H,6-7,9H2,1H3,(H2,15,16,17). The molecular weight excluding hydrogens is 224 g/mol. The Bertz CT molecular complexity index is 560. The lowest BCUT2D eigenvalue weighted by Crippen LogP contribution is -2.32. The van der Waals surface area contributed by atoms with Crippen molar-refractivity contribution in [2.24, 2.45) is 0 Å². The highest BCUT2D eigenvalue weighted by Crippen LogP contribution is 2.22. The van der Waals surface area contributed by atoms with Crippen LogP contribution in [0.1, 0.15) is 16.8 Å². The van der Waals surface area contributed by atoms with Gasteiger partial charge < -0.3 is 10.6 Å². The van der Waals surface area contributed by atoms with E-state index in [4.69, 9.17) is 5.73 Å². The normalized spacial score (nSPS) is 14.4. The highest BCUT2D eigenvalue weighted by atomic mass is 15.3. The Kier molecular flexibility index (Phi) is 2.63. The van der Waals surface area contributed by atoms with Crippen LogP contribution in [-0.4, -0.2) is 16.5 Å². The van der Waals surface area contributed by atoms with Crippen LogP contribution in [0.5, 0.6) is 0 Å². The molecule has 18 heavy (non-hydrogen) atoms. The lowest BCUT2D eigenvalue weighted by molar-refractivity contribution is 0.706. The average molecular weight is 240 g/mol. The monoisotopic (exact) mass is 240 g/mol. The van der Waals surface area contributed by atoms with Crippen molar-refractivity contribution in [1.82, 2.24) is 9.97 Å². The molecular formula is C14H16N4. The number of rotatable bonds is 1. The third kappa shape index (κ3) is 2.01. The Labute approximate surface area is 106 Å². The van der Waals surface area contributed by atoms with Crippen molar-refractivity contribution in [3.05, 3.63) is 47.2 Å². The molecule has 0 saturated carbocycles. The van der Waals surface area contributed by atoms with Crippen LogP contribution in [0.15, 0.2) is 30.3 Å². The zero-order chi connectivity index (χ0) is 12.5. The van der Waals surface area contributed by atoms with Crippen molar-refractivity contribution in [1.29, 1.82) is 0 Å². The molecule has 4 heteroatoms. The first-order chi connectivity index (χ1) is 8.72. The Balaban J connectivity index is 1.91. The minimum absolute atomic E-state index is 0.538. The number of aromatic nitrogens is 2. The third-order valence-electron chi connectivity index (χ3n) is 3.28. The molecule has 0 unspecified atom stereocenters. The molecule has 0 aliphatic carbocycles. The molecule has 0 radical (unpaired) electrons. The molecule has 1 aliphatic rings. The maximum Gasteiger partial charge on any atom is 0.227 e. The summed E-state index contributed by atoms with van der Waals surface area (Å²) in [7, 11) is 0. The van der Waals surface area contributed by atoms with E-state index in [0.717, 1.165) is 31.2 Å². The fourth-order valence-corrected chi connectivity index (χ4v) is 2.38. The van der Waals surface area contributed by atoms with Crippen LogP contribution < -0.4 is 10.6 Å². The van der Waals surface area contributed by atoms with Crippen LogP contribution >= 0.6 is 0 Å². The van der Waals surface area contributed by atoms with Crippen molar-refractivity contribution in [2.45, 2.75) is 19.9 Å². The SMILES string of the molecule is Cc1cc(N)nc(N2CCc3ccccc3C2)n1. The number of fused-ring (bicyclic) bond motifs is 1. The number of hydrogen-bond donors (Lipinski definition) is 1. The fraction of sp³-hybridized carbons (Fsp3) is 0.286. The van der Waals surface area contributed by atoms with E-state index in [2.05, 4.69) is 39.1 Å². The minimum Gasteiger partial charge on any atom is -0.384 e. The Morgan fingerprint density at radius 2 is 1.94 bits per heavy atom. The summed E-state index contributed by atoms with van der Waals surface area (Å²) in [6.45, 7) is 3.75. The lowest BCUT2D eigenvalue weighted by Gasteiger charge is -2.29. The van der Waals surface area contributed by atoms with Crippen LogP contribution in [-0.2, 0) is 13.0 Å². The molecule has 1 aliphatic heterocycles. The predicted octanol–water partition coefficient (Wildman–Crippen LogP) is 1.93. The van der Waals surface area contributed by atoms with Crippen LogP contribution in [0.4, 0.5) is 11.8 Å². The number of nitrogens with zero attached hydrogens (tertiary/aromatic N) is 3. The average Bonchev–Trinajstić information content (AvgIpc) is 2.37. The zero-order valence-corrected chi connectivity index (χ0v) is 10.4. The molecule has 3 rings (SSSR count). The molecule has 92 valence electrons. The molecule has 0 atom stereocenters. The maximum absolute atomic E-state index is 5.78. The molecule has 0 saturated heterocycles. The number of anilines is 2. The molecule has 2 heterocycles. The van der Waals surface area contributed by atoms with Crippen LogP contribution in [0.25, 0.3) is 0 Å². The van der Waals surface area contributed by atoms with Gasteiger partial charge in [0.1, 0.15) is 5.82 Å². The number of hydrogen-bond acceptors (Lipinski definition) is 4. The van der Waals surface area contributed by atoms with E-state index in [9.17, 15) is 0 Å². The van der Waals surface area contributed by atoms with E-state index < -0.39 is 0 Å². The molecule has 1 aromatic carbocycles. The molecule has 0 amide bonds. The van der Waals surface area contributed by atoms with Crippen molar-refractivity contribution in [2.75, 3.05) is 17.2 Å². The van der Waals surface area contributed by atoms with Gasteiger partial charge in [-0.15, -0.1) is 0 Å². The first-order valence-corrected chi connectivity index (χ1v) is 6.15. The van der Waals surface area contributed by atoms with Gasteiger partial charge >= 0.3 is 0 Å². The predicted molar refractivity (Wildman–Crippen MR) is 72.4 cm³/mol. The first-order valence-electron chi connectivity index (χ1n) is 6.15. The highest BCUT2D eigenvalue weighted by molar-refractivity contribution is 5.44. The number of aryl methyl sites for hydroxylation is 1. The molecule has 0 spiro atoms. The lowest BCUT2D eigenvalue weighted by atomic mass is 10.0. The molecule has 0 fully saturated rings. The summed E-state index contributed by atoms with van der Waals surface area (Å²) >= 11 is 0. The second kappa shape index (κ2) is 4.29. The summed E-state index contributed by atoms with van der Waals surface area (Å²) in [6.07, 6.45) is 1.04. The van der Waals surface area contributed by atoms with Crippen LogP contribution in [0, 0.1) is 6.92 Å². The number of benzene rings is 1. The van der Waals surface area contributed by atoms with E-state index in [0.29, 0.717) is 5.82 Å². The molecule has 2 aromatic rings. The van der Waals surface area contributed by atoms with E-state index in [1.165, 1.54) is 11.1 Å². The summed E-state index contributed by atoms with van der Waals surface area (Å²) in [6, 6.07) is 10.3. The topological polar surface area (TPSA) is 55.0 Å². The summed E-state index contributed by atoms with van der Waals surface area (Å²) in [5, 5.41) is 0.